The Morgan fingerprint density at radius 3 is 2.29 bits per heavy atom. The van der Waals surface area contributed by atoms with Crippen LogP contribution in [0.5, 0.6) is 0 Å². The van der Waals surface area contributed by atoms with Crippen LogP contribution in [0.25, 0.3) is 0 Å². The van der Waals surface area contributed by atoms with E-state index in [1.165, 1.54) is 18.6 Å². The molecule has 0 aliphatic carbocycles. The van der Waals surface area contributed by atoms with Gasteiger partial charge in [0.2, 0.25) is 0 Å². The van der Waals surface area contributed by atoms with Gasteiger partial charge in [0.1, 0.15) is 0 Å². The van der Waals surface area contributed by atoms with Gasteiger partial charge in [-0.3, -0.25) is 14.6 Å². The maximum Gasteiger partial charge on any atom is 0.338 e. The number of amides is 2. The second-order valence-electron chi connectivity index (χ2n) is 6.55. The fourth-order valence-corrected chi connectivity index (χ4v) is 2.49. The summed E-state index contributed by atoms with van der Waals surface area (Å²) in [5, 5.41) is 6.54. The number of esters is 1. The topological polar surface area (TPSA) is 110 Å². The first-order valence-electron chi connectivity index (χ1n) is 9.38. The summed E-state index contributed by atoms with van der Waals surface area (Å²) < 4.78 is 5.04. The van der Waals surface area contributed by atoms with Crippen molar-refractivity contribution >= 4 is 29.7 Å². The number of aromatic nitrogens is 1. The summed E-state index contributed by atoms with van der Waals surface area (Å²) >= 11 is 0. The van der Waals surface area contributed by atoms with Crippen molar-refractivity contribution in [2.24, 2.45) is 5.10 Å². The van der Waals surface area contributed by atoms with Crippen LogP contribution in [-0.2, 0) is 9.53 Å². The molecular formula is C23H20N4O4. The third-order valence-electron chi connectivity index (χ3n) is 4.14. The fourth-order valence-electron chi connectivity index (χ4n) is 2.49. The molecule has 31 heavy (non-hydrogen) atoms. The number of hydrogen-bond donors (Lipinski definition) is 2. The van der Waals surface area contributed by atoms with Gasteiger partial charge in [0.15, 0.2) is 6.61 Å². The highest BCUT2D eigenvalue weighted by molar-refractivity contribution is 5.96. The summed E-state index contributed by atoms with van der Waals surface area (Å²) in [7, 11) is 0. The molecule has 0 saturated heterocycles. The van der Waals surface area contributed by atoms with Gasteiger partial charge in [0.05, 0.1) is 11.8 Å². The molecule has 1 aromatic heterocycles. The lowest BCUT2D eigenvalue weighted by atomic mass is 10.1. The Kier molecular flexibility index (Phi) is 7.21. The molecule has 0 radical (unpaired) electrons. The zero-order valence-electron chi connectivity index (χ0n) is 16.7. The standard InChI is InChI=1S/C23H20N4O4/c1-16-2-8-20(9-3-16)26-21(28)15-31-23(30)19-6-4-17(5-7-19)14-25-27-22(29)18-10-12-24-13-11-18/h2-14H,15H2,1H3,(H,26,28)(H,27,29)/b25-14+. The van der Waals surface area contributed by atoms with Gasteiger partial charge >= 0.3 is 5.97 Å². The van der Waals surface area contributed by atoms with Gasteiger partial charge in [-0.15, -0.1) is 0 Å². The summed E-state index contributed by atoms with van der Waals surface area (Å²) in [5.41, 5.74) is 5.52. The molecule has 0 atom stereocenters. The van der Waals surface area contributed by atoms with Crippen LogP contribution in [0, 0.1) is 6.92 Å². The van der Waals surface area contributed by atoms with Crippen LogP contribution in [0.2, 0.25) is 0 Å². The minimum Gasteiger partial charge on any atom is -0.452 e. The number of pyridine rings is 1. The zero-order chi connectivity index (χ0) is 22.1. The normalized spacial score (nSPS) is 10.5. The smallest absolute Gasteiger partial charge is 0.338 e. The van der Waals surface area contributed by atoms with Crippen molar-refractivity contribution in [3.05, 3.63) is 95.3 Å². The van der Waals surface area contributed by atoms with Crippen molar-refractivity contribution in [3.8, 4) is 0 Å². The number of hydrogen-bond acceptors (Lipinski definition) is 6. The van der Waals surface area contributed by atoms with E-state index in [1.54, 1.807) is 48.5 Å². The molecule has 0 aliphatic rings. The average Bonchev–Trinajstić information content (AvgIpc) is 2.80. The first-order valence-corrected chi connectivity index (χ1v) is 9.38. The number of ether oxygens (including phenoxy) is 1. The monoisotopic (exact) mass is 416 g/mol. The van der Waals surface area contributed by atoms with Gasteiger partial charge < -0.3 is 10.1 Å². The van der Waals surface area contributed by atoms with E-state index in [-0.39, 0.29) is 5.91 Å². The van der Waals surface area contributed by atoms with Crippen LogP contribution in [0.3, 0.4) is 0 Å². The van der Waals surface area contributed by atoms with Crippen LogP contribution in [0.1, 0.15) is 31.8 Å². The Morgan fingerprint density at radius 2 is 1.61 bits per heavy atom. The zero-order valence-corrected chi connectivity index (χ0v) is 16.7. The molecule has 0 aliphatic heterocycles. The highest BCUT2D eigenvalue weighted by atomic mass is 16.5. The molecule has 0 unspecified atom stereocenters. The Balaban J connectivity index is 1.46. The van der Waals surface area contributed by atoms with Crippen LogP contribution < -0.4 is 10.7 Å². The molecule has 156 valence electrons. The molecule has 0 fully saturated rings. The molecule has 8 heteroatoms. The SMILES string of the molecule is Cc1ccc(NC(=O)COC(=O)c2ccc(/C=N/NC(=O)c3ccncc3)cc2)cc1. The molecule has 3 rings (SSSR count). The summed E-state index contributed by atoms with van der Waals surface area (Å²) in [5.74, 6) is -1.40. The van der Waals surface area contributed by atoms with Gasteiger partial charge in [0, 0.05) is 23.6 Å². The summed E-state index contributed by atoms with van der Waals surface area (Å²) in [6.07, 6.45) is 4.48. The predicted molar refractivity (Wildman–Crippen MR) is 116 cm³/mol. The lowest BCUT2D eigenvalue weighted by molar-refractivity contribution is -0.119. The van der Waals surface area contributed by atoms with Crippen LogP contribution in [-0.4, -0.2) is 35.6 Å². The summed E-state index contributed by atoms with van der Waals surface area (Å²) in [6, 6.07) is 16.8. The number of rotatable bonds is 7. The van der Waals surface area contributed by atoms with E-state index in [0.29, 0.717) is 22.4 Å². The molecule has 2 amide bonds. The lowest BCUT2D eigenvalue weighted by Crippen LogP contribution is -2.20. The van der Waals surface area contributed by atoms with Crippen molar-refractivity contribution in [1.82, 2.24) is 10.4 Å². The van der Waals surface area contributed by atoms with Crippen molar-refractivity contribution in [1.29, 1.82) is 0 Å². The summed E-state index contributed by atoms with van der Waals surface area (Å²) in [4.78, 5) is 39.8. The average molecular weight is 416 g/mol. The van der Waals surface area contributed by atoms with Crippen molar-refractivity contribution in [2.45, 2.75) is 6.92 Å². The van der Waals surface area contributed by atoms with E-state index < -0.39 is 18.5 Å². The maximum atomic E-state index is 12.1. The molecule has 3 aromatic rings. The van der Waals surface area contributed by atoms with Gasteiger partial charge in [-0.2, -0.15) is 5.10 Å². The Morgan fingerprint density at radius 1 is 0.935 bits per heavy atom. The van der Waals surface area contributed by atoms with E-state index >= 15 is 0 Å². The Hall–Kier alpha value is -4.33. The lowest BCUT2D eigenvalue weighted by Gasteiger charge is -2.07. The van der Waals surface area contributed by atoms with Crippen LogP contribution in [0.4, 0.5) is 5.69 Å². The number of benzene rings is 2. The van der Waals surface area contributed by atoms with Crippen LogP contribution >= 0.6 is 0 Å². The first-order chi connectivity index (χ1) is 15.0. The minimum absolute atomic E-state index is 0.293. The Bertz CT molecular complexity index is 1080. The first kappa shape index (κ1) is 21.4. The van der Waals surface area contributed by atoms with Gasteiger partial charge in [0.25, 0.3) is 11.8 Å². The number of nitrogens with zero attached hydrogens (tertiary/aromatic N) is 2. The number of aryl methyl sites for hydroxylation is 1. The van der Waals surface area contributed by atoms with Crippen LogP contribution in [0.15, 0.2) is 78.2 Å². The summed E-state index contributed by atoms with van der Waals surface area (Å²) in [6.45, 7) is 1.56. The molecule has 0 saturated carbocycles. The van der Waals surface area contributed by atoms with Crippen molar-refractivity contribution in [2.75, 3.05) is 11.9 Å². The molecule has 0 spiro atoms. The van der Waals surface area contributed by atoms with Gasteiger partial charge in [-0.05, 0) is 48.9 Å². The maximum absolute atomic E-state index is 12.1. The number of nitrogens with one attached hydrogen (secondary N) is 2. The molecule has 0 bridgehead atoms. The quantitative estimate of drug-likeness (QED) is 0.350. The Labute approximate surface area is 179 Å². The number of hydrazone groups is 1. The highest BCUT2D eigenvalue weighted by Gasteiger charge is 2.10. The third kappa shape index (κ3) is 6.60. The molecular weight excluding hydrogens is 396 g/mol. The number of carbonyl (C=O) groups excluding carboxylic acids is 3. The fraction of sp³-hybridized carbons (Fsp3) is 0.0870. The second kappa shape index (κ2) is 10.4. The number of anilines is 1. The highest BCUT2D eigenvalue weighted by Crippen LogP contribution is 2.09. The third-order valence-corrected chi connectivity index (χ3v) is 4.14. The molecule has 2 aromatic carbocycles. The van der Waals surface area contributed by atoms with Gasteiger partial charge in [-0.25, -0.2) is 10.2 Å². The van der Waals surface area contributed by atoms with E-state index in [1.807, 2.05) is 19.1 Å². The molecule has 1 heterocycles. The van der Waals surface area contributed by atoms with Crippen molar-refractivity contribution in [3.63, 3.8) is 0 Å². The van der Waals surface area contributed by atoms with E-state index in [2.05, 4.69) is 20.8 Å². The van der Waals surface area contributed by atoms with Gasteiger partial charge in [-0.1, -0.05) is 29.8 Å². The predicted octanol–water partition coefficient (Wildman–Crippen LogP) is 2.95. The number of carbonyl (C=O) groups is 3. The van der Waals surface area contributed by atoms with E-state index in [0.717, 1.165) is 5.56 Å². The van der Waals surface area contributed by atoms with E-state index in [9.17, 15) is 14.4 Å². The largest absolute Gasteiger partial charge is 0.452 e. The van der Waals surface area contributed by atoms with Crippen molar-refractivity contribution < 1.29 is 19.1 Å². The second-order valence-corrected chi connectivity index (χ2v) is 6.55. The molecule has 8 nitrogen and oxygen atoms in total. The van der Waals surface area contributed by atoms with E-state index in [4.69, 9.17) is 4.74 Å². The minimum atomic E-state index is -0.617. The molecule has 2 N–H and O–H groups in total.